The summed E-state index contributed by atoms with van der Waals surface area (Å²) in [6.45, 7) is 3.70. The van der Waals surface area contributed by atoms with Crippen LogP contribution in [0.25, 0.3) is 0 Å². The Morgan fingerprint density at radius 3 is 2.09 bits per heavy atom. The number of nitrogens with two attached hydrogens (primary N) is 1. The van der Waals surface area contributed by atoms with Crippen molar-refractivity contribution in [2.45, 2.75) is 56.5 Å². The van der Waals surface area contributed by atoms with Crippen molar-refractivity contribution in [3.05, 3.63) is 23.3 Å². The fourth-order valence-corrected chi connectivity index (χ4v) is 4.39. The lowest BCUT2D eigenvalue weighted by Gasteiger charge is -2.26. The molecule has 7 heteroatoms. The van der Waals surface area contributed by atoms with Gasteiger partial charge in [0.05, 0.1) is 12.0 Å². The summed E-state index contributed by atoms with van der Waals surface area (Å²) < 4.78 is 33.1. The van der Waals surface area contributed by atoms with E-state index < -0.39 is 10.0 Å². The molecule has 0 amide bonds. The van der Waals surface area contributed by atoms with Gasteiger partial charge in [-0.2, -0.15) is 0 Å². The second kappa shape index (κ2) is 7.64. The van der Waals surface area contributed by atoms with Crippen LogP contribution >= 0.6 is 12.4 Å². The van der Waals surface area contributed by atoms with E-state index in [4.69, 9.17) is 10.5 Å². The number of rotatable bonds is 4. The lowest BCUT2D eigenvalue weighted by molar-refractivity contribution is 0.373. The first-order valence-corrected chi connectivity index (χ1v) is 8.75. The molecule has 3 N–H and O–H groups in total. The molecule has 22 heavy (non-hydrogen) atoms. The average molecular weight is 349 g/mol. The maximum atomic E-state index is 12.5. The summed E-state index contributed by atoms with van der Waals surface area (Å²) in [5.41, 5.74) is 7.50. The molecule has 1 fully saturated rings. The van der Waals surface area contributed by atoms with E-state index in [1.165, 1.54) is 0 Å². The molecule has 0 aliphatic heterocycles. The Hall–Kier alpha value is -0.820. The molecule has 1 aliphatic carbocycles. The number of nitrogens with one attached hydrogen (secondary N) is 1. The van der Waals surface area contributed by atoms with Crippen molar-refractivity contribution < 1.29 is 13.2 Å². The second-order valence-corrected chi connectivity index (χ2v) is 7.54. The molecule has 126 valence electrons. The number of aryl methyl sites for hydroxylation is 2. The van der Waals surface area contributed by atoms with Gasteiger partial charge in [0.15, 0.2) is 0 Å². The molecule has 0 atom stereocenters. The Morgan fingerprint density at radius 2 is 1.64 bits per heavy atom. The van der Waals surface area contributed by atoms with Crippen molar-refractivity contribution >= 4 is 22.4 Å². The van der Waals surface area contributed by atoms with Crippen LogP contribution in [-0.4, -0.2) is 27.6 Å². The topological polar surface area (TPSA) is 81.4 Å². The van der Waals surface area contributed by atoms with Gasteiger partial charge in [0.1, 0.15) is 5.75 Å². The van der Waals surface area contributed by atoms with Crippen LogP contribution in [0.5, 0.6) is 5.75 Å². The van der Waals surface area contributed by atoms with E-state index in [9.17, 15) is 8.42 Å². The Kier molecular flexibility index (Phi) is 6.67. The second-order valence-electron chi connectivity index (χ2n) is 5.82. The van der Waals surface area contributed by atoms with E-state index in [0.29, 0.717) is 4.90 Å². The minimum atomic E-state index is -3.49. The number of halogens is 1. The highest BCUT2D eigenvalue weighted by molar-refractivity contribution is 7.89. The maximum Gasteiger partial charge on any atom is 0.240 e. The van der Waals surface area contributed by atoms with Crippen LogP contribution in [0, 0.1) is 13.8 Å². The normalized spacial score (nSPS) is 22.0. The summed E-state index contributed by atoms with van der Waals surface area (Å²) >= 11 is 0. The van der Waals surface area contributed by atoms with Gasteiger partial charge in [0, 0.05) is 12.1 Å². The number of methoxy groups -OCH3 is 1. The van der Waals surface area contributed by atoms with Gasteiger partial charge in [-0.15, -0.1) is 12.4 Å². The molecule has 0 spiro atoms. The summed E-state index contributed by atoms with van der Waals surface area (Å²) in [5.74, 6) is 0.734. The Morgan fingerprint density at radius 1 is 1.14 bits per heavy atom. The molecule has 0 bridgehead atoms. The number of ether oxygens (including phenoxy) is 1. The number of hydrogen-bond acceptors (Lipinski definition) is 4. The quantitative estimate of drug-likeness (QED) is 0.874. The summed E-state index contributed by atoms with van der Waals surface area (Å²) in [7, 11) is -1.90. The molecule has 0 aromatic heterocycles. The van der Waals surface area contributed by atoms with Crippen LogP contribution in [-0.2, 0) is 10.0 Å². The first kappa shape index (κ1) is 19.2. The molecule has 1 saturated carbocycles. The Balaban J connectivity index is 0.00000242. The number of sulfonamides is 1. The monoisotopic (exact) mass is 348 g/mol. The zero-order valence-corrected chi connectivity index (χ0v) is 14.9. The zero-order chi connectivity index (χ0) is 15.6. The minimum Gasteiger partial charge on any atom is -0.496 e. The number of hydrogen-bond donors (Lipinski definition) is 2. The van der Waals surface area contributed by atoms with E-state index in [-0.39, 0.29) is 24.5 Å². The molecule has 1 aromatic rings. The van der Waals surface area contributed by atoms with E-state index in [0.717, 1.165) is 42.6 Å². The van der Waals surface area contributed by atoms with Gasteiger partial charge in [0.2, 0.25) is 10.0 Å². The van der Waals surface area contributed by atoms with Crippen LogP contribution in [0.15, 0.2) is 17.0 Å². The van der Waals surface area contributed by atoms with Crippen molar-refractivity contribution in [2.24, 2.45) is 5.73 Å². The van der Waals surface area contributed by atoms with Crippen molar-refractivity contribution in [1.29, 1.82) is 0 Å². The summed E-state index contributed by atoms with van der Waals surface area (Å²) in [4.78, 5) is 0.299. The lowest BCUT2D eigenvalue weighted by atomic mass is 9.93. The largest absolute Gasteiger partial charge is 0.496 e. The summed E-state index contributed by atoms with van der Waals surface area (Å²) in [5, 5.41) is 0. The van der Waals surface area contributed by atoms with Gasteiger partial charge >= 0.3 is 0 Å². The van der Waals surface area contributed by atoms with Gasteiger partial charge in [-0.05, 0) is 62.8 Å². The average Bonchev–Trinajstić information content (AvgIpc) is 2.41. The molecule has 0 heterocycles. The van der Waals surface area contributed by atoms with Gasteiger partial charge in [-0.25, -0.2) is 13.1 Å². The van der Waals surface area contributed by atoms with Gasteiger partial charge < -0.3 is 10.5 Å². The highest BCUT2D eigenvalue weighted by Crippen LogP contribution is 2.27. The third-order valence-electron chi connectivity index (χ3n) is 4.04. The summed E-state index contributed by atoms with van der Waals surface area (Å²) in [6, 6.07) is 3.50. The summed E-state index contributed by atoms with van der Waals surface area (Å²) in [6.07, 6.45) is 3.34. The highest BCUT2D eigenvalue weighted by Gasteiger charge is 2.25. The zero-order valence-electron chi connectivity index (χ0n) is 13.3. The van der Waals surface area contributed by atoms with Gasteiger partial charge in [0.25, 0.3) is 0 Å². The van der Waals surface area contributed by atoms with Crippen LogP contribution in [0.4, 0.5) is 0 Å². The van der Waals surface area contributed by atoms with E-state index >= 15 is 0 Å². The van der Waals surface area contributed by atoms with Crippen molar-refractivity contribution in [2.75, 3.05) is 7.11 Å². The third-order valence-corrected chi connectivity index (χ3v) is 5.54. The molecule has 2 rings (SSSR count). The van der Waals surface area contributed by atoms with Crippen LogP contribution in [0.2, 0.25) is 0 Å². The van der Waals surface area contributed by atoms with E-state index in [2.05, 4.69) is 4.72 Å². The van der Waals surface area contributed by atoms with Crippen molar-refractivity contribution in [1.82, 2.24) is 4.72 Å². The van der Waals surface area contributed by atoms with Crippen LogP contribution in [0.3, 0.4) is 0 Å². The third kappa shape index (κ3) is 4.35. The van der Waals surface area contributed by atoms with Crippen molar-refractivity contribution in [3.8, 4) is 5.75 Å². The minimum absolute atomic E-state index is 0. The Labute approximate surface area is 139 Å². The maximum absolute atomic E-state index is 12.5. The van der Waals surface area contributed by atoms with E-state index in [1.54, 1.807) is 19.2 Å². The van der Waals surface area contributed by atoms with Gasteiger partial charge in [-0.1, -0.05) is 0 Å². The Bertz CT molecular complexity index is 588. The van der Waals surface area contributed by atoms with E-state index in [1.807, 2.05) is 13.8 Å². The van der Waals surface area contributed by atoms with Crippen molar-refractivity contribution in [3.63, 3.8) is 0 Å². The number of benzene rings is 1. The smallest absolute Gasteiger partial charge is 0.240 e. The molecule has 0 saturated heterocycles. The molecular weight excluding hydrogens is 324 g/mol. The molecule has 0 radical (unpaired) electrons. The lowest BCUT2D eigenvalue weighted by Crippen LogP contribution is -2.40. The molecular formula is C15H25ClN2O3S. The predicted octanol–water partition coefficient (Wildman–Crippen LogP) is 2.28. The SMILES string of the molecule is COc1c(C)cc(S(=O)(=O)NC2CCC(N)CC2)cc1C.Cl. The molecule has 1 aromatic carbocycles. The fraction of sp³-hybridized carbons (Fsp3) is 0.600. The standard InChI is InChI=1S/C15H24N2O3S.ClH/c1-10-8-14(9-11(2)15(10)20-3)21(18,19)17-13-6-4-12(16)5-7-13;/h8-9,12-13,17H,4-7,16H2,1-3H3;1H. The molecule has 1 aliphatic rings. The first-order chi connectivity index (χ1) is 9.83. The first-order valence-electron chi connectivity index (χ1n) is 7.26. The molecule has 5 nitrogen and oxygen atoms in total. The molecule has 0 unspecified atom stereocenters. The van der Waals surface area contributed by atoms with Crippen LogP contribution in [0.1, 0.15) is 36.8 Å². The van der Waals surface area contributed by atoms with Crippen LogP contribution < -0.4 is 15.2 Å². The fourth-order valence-electron chi connectivity index (χ4n) is 2.91. The highest BCUT2D eigenvalue weighted by atomic mass is 35.5. The van der Waals surface area contributed by atoms with Gasteiger partial charge in [-0.3, -0.25) is 0 Å². The predicted molar refractivity (Wildman–Crippen MR) is 90.3 cm³/mol.